The topological polar surface area (TPSA) is 125 Å². The first-order valence-electron chi connectivity index (χ1n) is 7.21. The van der Waals surface area contributed by atoms with Crippen LogP contribution in [0.15, 0.2) is 40.4 Å². The van der Waals surface area contributed by atoms with Crippen LogP contribution in [0.5, 0.6) is 0 Å². The lowest BCUT2D eigenvalue weighted by Gasteiger charge is -2.13. The number of nitrogens with one attached hydrogen (secondary N) is 1. The summed E-state index contributed by atoms with van der Waals surface area (Å²) in [4.78, 5) is 42.2. The number of ether oxygens (including phenoxy) is 1. The molecule has 3 N–H and O–H groups in total. The third-order valence-corrected chi connectivity index (χ3v) is 3.50. The van der Waals surface area contributed by atoms with Gasteiger partial charge in [0, 0.05) is 12.4 Å². The van der Waals surface area contributed by atoms with Crippen LogP contribution in [-0.2, 0) is 16.1 Å². The molecule has 0 saturated heterocycles. The van der Waals surface area contributed by atoms with Crippen LogP contribution in [0.2, 0.25) is 0 Å². The predicted molar refractivity (Wildman–Crippen MR) is 87.0 cm³/mol. The molecule has 1 aromatic carbocycles. The number of carbonyl (C=O) groups excluding carboxylic acids is 1. The summed E-state index contributed by atoms with van der Waals surface area (Å²) in [6.45, 7) is 1.48. The molecule has 3 rings (SSSR count). The van der Waals surface area contributed by atoms with Crippen LogP contribution >= 0.6 is 0 Å². The Morgan fingerprint density at radius 3 is 2.83 bits per heavy atom. The van der Waals surface area contributed by atoms with Gasteiger partial charge < -0.3 is 20.0 Å². The number of anilines is 1. The second-order valence-corrected chi connectivity index (χ2v) is 5.05. The van der Waals surface area contributed by atoms with Crippen LogP contribution in [0.3, 0.4) is 0 Å². The van der Waals surface area contributed by atoms with E-state index < -0.39 is 17.1 Å². The molecule has 2 heterocycles. The fourth-order valence-corrected chi connectivity index (χ4v) is 2.44. The van der Waals surface area contributed by atoms with Crippen LogP contribution in [0.25, 0.3) is 16.7 Å². The number of hydrogen-bond acceptors (Lipinski definition) is 6. The number of hydrogen-bond donors (Lipinski definition) is 2. The van der Waals surface area contributed by atoms with Crippen molar-refractivity contribution in [3.63, 3.8) is 0 Å². The summed E-state index contributed by atoms with van der Waals surface area (Å²) in [6.07, 6.45) is 4.83. The number of benzene rings is 1. The lowest BCUT2D eigenvalue weighted by molar-refractivity contribution is -0.143. The minimum absolute atomic E-state index is 0.182. The number of nitrogens with two attached hydrogens (primary N) is 1. The Morgan fingerprint density at radius 2 is 2.17 bits per heavy atom. The van der Waals surface area contributed by atoms with E-state index >= 15 is 0 Å². The van der Waals surface area contributed by atoms with E-state index in [1.165, 1.54) is 6.07 Å². The summed E-state index contributed by atoms with van der Waals surface area (Å²) in [5.74, 6) is -0.604. The molecule has 0 aliphatic heterocycles. The molecule has 0 bridgehead atoms. The number of esters is 1. The Morgan fingerprint density at radius 1 is 1.38 bits per heavy atom. The van der Waals surface area contributed by atoms with E-state index in [2.05, 4.69) is 9.97 Å². The largest absolute Gasteiger partial charge is 0.465 e. The number of H-pyrrole nitrogens is 1. The monoisotopic (exact) mass is 329 g/mol. The summed E-state index contributed by atoms with van der Waals surface area (Å²) < 4.78 is 7.61. The fraction of sp³-hybridized carbons (Fsp3) is 0.200. The summed E-state index contributed by atoms with van der Waals surface area (Å²) in [5.41, 5.74) is 6.03. The van der Waals surface area contributed by atoms with Crippen LogP contribution in [0.1, 0.15) is 6.92 Å². The van der Waals surface area contributed by atoms with Crippen molar-refractivity contribution in [2.24, 2.45) is 0 Å². The lowest BCUT2D eigenvalue weighted by Crippen LogP contribution is -2.38. The van der Waals surface area contributed by atoms with Gasteiger partial charge in [-0.15, -0.1) is 0 Å². The molecular formula is C15H15N5O4. The highest BCUT2D eigenvalue weighted by Gasteiger charge is 2.14. The second-order valence-electron chi connectivity index (χ2n) is 5.05. The molecule has 124 valence electrons. The average molecular weight is 329 g/mol. The number of rotatable bonds is 4. The number of nitrogen functional groups attached to an aromatic ring is 1. The third-order valence-electron chi connectivity index (χ3n) is 3.50. The van der Waals surface area contributed by atoms with Crippen molar-refractivity contribution in [1.29, 1.82) is 0 Å². The molecule has 2 aromatic heterocycles. The SMILES string of the molecule is CCOC(=O)Cn1c(=O)c(=O)[nH]c2cc(N)c(-n3ccnc3)cc21. The van der Waals surface area contributed by atoms with Crippen LogP contribution in [0, 0.1) is 0 Å². The zero-order valence-corrected chi connectivity index (χ0v) is 12.9. The number of fused-ring (bicyclic) bond motifs is 1. The van der Waals surface area contributed by atoms with Gasteiger partial charge in [0.2, 0.25) is 0 Å². The van der Waals surface area contributed by atoms with E-state index in [4.69, 9.17) is 10.5 Å². The molecule has 9 nitrogen and oxygen atoms in total. The molecule has 0 unspecified atom stereocenters. The highest BCUT2D eigenvalue weighted by Crippen LogP contribution is 2.22. The van der Waals surface area contributed by atoms with Gasteiger partial charge in [-0.1, -0.05) is 0 Å². The van der Waals surface area contributed by atoms with Gasteiger partial charge in [0.25, 0.3) is 0 Å². The average Bonchev–Trinajstić information content (AvgIpc) is 3.06. The maximum Gasteiger partial charge on any atom is 0.326 e. The molecule has 0 atom stereocenters. The molecular weight excluding hydrogens is 314 g/mol. The van der Waals surface area contributed by atoms with Crippen LogP contribution < -0.4 is 16.9 Å². The first kappa shape index (κ1) is 15.5. The van der Waals surface area contributed by atoms with Gasteiger partial charge in [0.15, 0.2) is 0 Å². The first-order chi connectivity index (χ1) is 11.5. The third kappa shape index (κ3) is 2.67. The van der Waals surface area contributed by atoms with Crippen molar-refractivity contribution in [1.82, 2.24) is 19.1 Å². The van der Waals surface area contributed by atoms with Gasteiger partial charge >= 0.3 is 17.1 Å². The fourth-order valence-electron chi connectivity index (χ4n) is 2.44. The van der Waals surface area contributed by atoms with Gasteiger partial charge in [-0.2, -0.15) is 0 Å². The summed E-state index contributed by atoms with van der Waals surface area (Å²) >= 11 is 0. The van der Waals surface area contributed by atoms with Gasteiger partial charge in [-0.3, -0.25) is 19.0 Å². The summed E-state index contributed by atoms with van der Waals surface area (Å²) in [5, 5.41) is 0. The van der Waals surface area contributed by atoms with Crippen molar-refractivity contribution in [2.45, 2.75) is 13.5 Å². The number of aromatic amines is 1. The van der Waals surface area contributed by atoms with Crippen molar-refractivity contribution in [3.05, 3.63) is 51.6 Å². The van der Waals surface area contributed by atoms with Crippen molar-refractivity contribution < 1.29 is 9.53 Å². The smallest absolute Gasteiger partial charge is 0.326 e. The molecule has 0 amide bonds. The van der Waals surface area contributed by atoms with Crippen molar-refractivity contribution in [3.8, 4) is 5.69 Å². The molecule has 24 heavy (non-hydrogen) atoms. The molecule has 0 aliphatic carbocycles. The van der Waals surface area contributed by atoms with Crippen LogP contribution in [-0.4, -0.2) is 31.7 Å². The van der Waals surface area contributed by atoms with Crippen LogP contribution in [0.4, 0.5) is 5.69 Å². The standard InChI is InChI=1S/C15H15N5O4/c1-2-24-13(21)7-20-12-6-11(19-4-3-17-8-19)9(16)5-10(12)18-14(22)15(20)23/h3-6,8H,2,7,16H2,1H3,(H,18,22). The van der Waals surface area contributed by atoms with E-state index in [9.17, 15) is 14.4 Å². The maximum absolute atomic E-state index is 12.2. The van der Waals surface area contributed by atoms with Crippen molar-refractivity contribution in [2.75, 3.05) is 12.3 Å². The Hall–Kier alpha value is -3.36. The Bertz CT molecular complexity index is 1020. The Kier molecular flexibility index (Phi) is 3.90. The van der Waals surface area contributed by atoms with Gasteiger partial charge in [0.05, 0.1) is 35.3 Å². The zero-order chi connectivity index (χ0) is 17.3. The minimum atomic E-state index is -0.836. The second kappa shape index (κ2) is 6.03. The predicted octanol–water partition coefficient (Wildman–Crippen LogP) is 0.0208. The van der Waals surface area contributed by atoms with E-state index in [1.807, 2.05) is 0 Å². The highest BCUT2D eigenvalue weighted by molar-refractivity contribution is 5.84. The molecule has 0 aliphatic rings. The van der Waals surface area contributed by atoms with Gasteiger partial charge in [0.1, 0.15) is 6.54 Å². The quantitative estimate of drug-likeness (QED) is 0.395. The molecule has 3 aromatic rings. The van der Waals surface area contributed by atoms with E-state index in [0.717, 1.165) is 4.57 Å². The Balaban J connectivity index is 2.26. The number of carbonyl (C=O) groups is 1. The van der Waals surface area contributed by atoms with E-state index in [0.29, 0.717) is 22.4 Å². The molecule has 0 radical (unpaired) electrons. The van der Waals surface area contributed by atoms with E-state index in [1.54, 1.807) is 36.3 Å². The zero-order valence-electron chi connectivity index (χ0n) is 12.9. The Labute approximate surface area is 135 Å². The number of nitrogens with zero attached hydrogens (tertiary/aromatic N) is 3. The molecule has 0 saturated carbocycles. The summed E-state index contributed by atoms with van der Waals surface area (Å²) in [6, 6.07) is 3.15. The molecule has 0 fully saturated rings. The molecule has 0 spiro atoms. The van der Waals surface area contributed by atoms with Gasteiger partial charge in [-0.05, 0) is 19.1 Å². The first-order valence-corrected chi connectivity index (χ1v) is 7.21. The van der Waals surface area contributed by atoms with Gasteiger partial charge in [-0.25, -0.2) is 4.98 Å². The minimum Gasteiger partial charge on any atom is -0.465 e. The number of imidazole rings is 1. The molecule has 9 heteroatoms. The maximum atomic E-state index is 12.2. The number of aromatic nitrogens is 4. The normalized spacial score (nSPS) is 10.9. The lowest BCUT2D eigenvalue weighted by atomic mass is 10.2. The highest BCUT2D eigenvalue weighted by atomic mass is 16.5. The van der Waals surface area contributed by atoms with E-state index in [-0.39, 0.29) is 13.2 Å². The van der Waals surface area contributed by atoms with Crippen molar-refractivity contribution >= 4 is 22.7 Å². The summed E-state index contributed by atoms with van der Waals surface area (Å²) in [7, 11) is 0.